The van der Waals surface area contributed by atoms with Crippen LogP contribution in [0.3, 0.4) is 0 Å². The van der Waals surface area contributed by atoms with Gasteiger partial charge in [0.1, 0.15) is 28.7 Å². The summed E-state index contributed by atoms with van der Waals surface area (Å²) in [5.74, 6) is 9.95. The third-order valence-corrected chi connectivity index (χ3v) is 17.8. The maximum absolute atomic E-state index is 9.99. The second kappa shape index (κ2) is 26.3. The van der Waals surface area contributed by atoms with E-state index in [1.165, 1.54) is 16.7 Å². The molecule has 15 rings (SSSR count). The van der Waals surface area contributed by atoms with Crippen LogP contribution in [-0.2, 0) is 0 Å². The van der Waals surface area contributed by atoms with Crippen molar-refractivity contribution < 1.29 is 10.2 Å². The first-order chi connectivity index (χ1) is 46.0. The number of aliphatic hydroxyl groups is 2. The van der Waals surface area contributed by atoms with Crippen LogP contribution in [-0.4, -0.2) is 51.3 Å². The van der Waals surface area contributed by atoms with Crippen molar-refractivity contribution in [3.05, 3.63) is 250 Å². The summed E-state index contributed by atoms with van der Waals surface area (Å²) >= 11 is 26.1. The highest BCUT2D eigenvalue weighted by Crippen LogP contribution is 2.45. The zero-order valence-corrected chi connectivity index (χ0v) is 57.5. The molecule has 0 saturated carbocycles. The number of imidazole rings is 3. The predicted octanol–water partition coefficient (Wildman–Crippen LogP) is 23.4. The van der Waals surface area contributed by atoms with E-state index < -0.39 is 11.2 Å². The van der Waals surface area contributed by atoms with Crippen molar-refractivity contribution in [3.63, 3.8) is 0 Å². The van der Waals surface area contributed by atoms with E-state index in [2.05, 4.69) is 146 Å². The Kier molecular flexibility index (Phi) is 18.0. The maximum atomic E-state index is 9.99. The molecule has 0 aliphatic heterocycles. The van der Waals surface area contributed by atoms with Crippen LogP contribution in [0.5, 0.6) is 0 Å². The molecule has 12 aromatic carbocycles. The van der Waals surface area contributed by atoms with E-state index in [4.69, 9.17) is 87.6 Å². The number of aryl methyl sites for hydroxylation is 2. The Morgan fingerprint density at radius 3 is 1.09 bits per heavy atom. The van der Waals surface area contributed by atoms with Crippen molar-refractivity contribution in [2.75, 3.05) is 0 Å². The average molecular weight is 1440 g/mol. The Morgan fingerprint density at radius 2 is 0.729 bits per heavy atom. The number of aromatic amines is 3. The largest absolute Gasteiger partial charge is 0.378 e. The summed E-state index contributed by atoms with van der Waals surface area (Å²) in [5, 5.41) is 32.8. The molecule has 5 N–H and O–H groups in total. The number of hydrogen-bond donors (Lipinski definition) is 5. The van der Waals surface area contributed by atoms with Gasteiger partial charge in [0.05, 0.1) is 59.4 Å². The van der Waals surface area contributed by atoms with Crippen LogP contribution in [0.2, 0.25) is 15.1 Å². The number of hydrogen-bond acceptors (Lipinski definition) is 5. The smallest absolute Gasteiger partial charge is 0.187 e. The summed E-state index contributed by atoms with van der Waals surface area (Å²) in [7, 11) is 0. The minimum absolute atomic E-state index is 0.369. The van der Waals surface area contributed by atoms with Crippen LogP contribution < -0.4 is 0 Å². The molecule has 17 heteroatoms. The fourth-order valence-corrected chi connectivity index (χ4v) is 13.0. The van der Waals surface area contributed by atoms with Crippen LogP contribution >= 0.6 is 66.7 Å². The second-order valence-corrected chi connectivity index (χ2v) is 26.8. The fraction of sp³-hybridized carbons (Fsp3) is 0.101. The van der Waals surface area contributed by atoms with Gasteiger partial charge in [-0.1, -0.05) is 175 Å². The molecule has 0 bridgehead atoms. The summed E-state index contributed by atoms with van der Waals surface area (Å²) < 4.78 is 2.01. The van der Waals surface area contributed by atoms with Crippen LogP contribution in [0.25, 0.3) is 151 Å². The highest BCUT2D eigenvalue weighted by molar-refractivity contribution is 9.10. The van der Waals surface area contributed by atoms with Gasteiger partial charge in [-0.15, -0.1) is 6.42 Å². The Balaban J connectivity index is 0.000000133. The number of halogens is 5. The number of nitrogens with one attached hydrogen (secondary N) is 3. The minimum atomic E-state index is -1.10. The van der Waals surface area contributed by atoms with Gasteiger partial charge in [0, 0.05) is 78.6 Å². The number of rotatable bonds is 3. The van der Waals surface area contributed by atoms with Crippen molar-refractivity contribution >= 4 is 187 Å². The van der Waals surface area contributed by atoms with E-state index >= 15 is 0 Å². The zero-order valence-electron chi connectivity index (χ0n) is 52.1. The lowest BCUT2D eigenvalue weighted by atomic mass is 9.98. The normalized spacial score (nSPS) is 11.2. The Morgan fingerprint density at radius 1 is 0.417 bits per heavy atom. The molecule has 0 spiro atoms. The Bertz CT molecular complexity index is 5830. The van der Waals surface area contributed by atoms with Gasteiger partial charge < -0.3 is 25.2 Å². The summed E-state index contributed by atoms with van der Waals surface area (Å²) in [6, 6.07) is 52.2. The van der Waals surface area contributed by atoms with Gasteiger partial charge in [0.2, 0.25) is 0 Å². The molecule has 0 saturated heterocycles. The van der Waals surface area contributed by atoms with E-state index in [9.17, 15) is 5.11 Å². The van der Waals surface area contributed by atoms with Crippen molar-refractivity contribution in [2.45, 2.75) is 52.7 Å². The first-order valence-corrected chi connectivity index (χ1v) is 32.4. The summed E-state index contributed by atoms with van der Waals surface area (Å²) in [6.45, 7) is 40.8. The molecule has 0 aliphatic rings. The van der Waals surface area contributed by atoms with Gasteiger partial charge in [-0.3, -0.25) is 0 Å². The van der Waals surface area contributed by atoms with Gasteiger partial charge >= 0.3 is 0 Å². The van der Waals surface area contributed by atoms with Gasteiger partial charge in [-0.2, -0.15) is 0 Å². The lowest BCUT2D eigenvalue weighted by Gasteiger charge is -2.08. The Labute approximate surface area is 584 Å². The van der Waals surface area contributed by atoms with Crippen molar-refractivity contribution in [1.82, 2.24) is 29.9 Å². The molecular weight excluding hydrogens is 1390 g/mol. The van der Waals surface area contributed by atoms with Crippen molar-refractivity contribution in [3.8, 4) is 58.3 Å². The van der Waals surface area contributed by atoms with E-state index in [1.54, 1.807) is 64.1 Å². The Hall–Kier alpha value is -10.6. The molecule has 464 valence electrons. The molecule has 0 unspecified atom stereocenters. The molecular formula is C79H51Br2Cl3N10O2. The second-order valence-electron chi connectivity index (χ2n) is 23.7. The van der Waals surface area contributed by atoms with E-state index in [-0.39, 0.29) is 0 Å². The molecule has 15 aromatic rings. The quantitative estimate of drug-likeness (QED) is 0.0680. The SMILES string of the molecule is C#CC(C)(C)O.Cc1cccc(C)c1-c1nc2c3ccc(Br)cc3c3cc(Cl)ccc3c2[nH]1.[C-]#[N+]c1cccc([N+]#[C-])c1-c1nc2c3ccc(Br)cc3c3cc(Cl)ccc3c2[nH]1.[C-]#[N+]c1cccc([N+]#[C-])c1-c1nc2c3ccc(Cl)cc3c3cc(C#CC(C)(C)O)ccc3c2[nH]1. The lowest BCUT2D eigenvalue weighted by Crippen LogP contribution is -2.14. The molecule has 12 nitrogen and oxygen atoms in total. The predicted molar refractivity (Wildman–Crippen MR) is 403 cm³/mol. The van der Waals surface area contributed by atoms with Crippen LogP contribution in [0, 0.1) is 64.3 Å². The first-order valence-electron chi connectivity index (χ1n) is 29.7. The minimum Gasteiger partial charge on any atom is -0.378 e. The summed E-state index contributed by atoms with van der Waals surface area (Å²) in [4.78, 5) is 39.5. The third-order valence-electron chi connectivity index (χ3n) is 16.1. The van der Waals surface area contributed by atoms with E-state index in [0.717, 1.165) is 123 Å². The fourth-order valence-electron chi connectivity index (χ4n) is 11.8. The summed E-state index contributed by atoms with van der Waals surface area (Å²) in [6.07, 6.45) is 4.81. The van der Waals surface area contributed by atoms with Crippen LogP contribution in [0.15, 0.2) is 173 Å². The molecule has 96 heavy (non-hydrogen) atoms. The maximum Gasteiger partial charge on any atom is 0.187 e. The van der Waals surface area contributed by atoms with Crippen molar-refractivity contribution in [2.24, 2.45) is 0 Å². The van der Waals surface area contributed by atoms with Gasteiger partial charge in [-0.05, 0) is 158 Å². The zero-order chi connectivity index (χ0) is 68.1. The standard InChI is InChI=1S/C28H17ClN4O.C23H10BrClN4.C23H16BrClN2.C5H8O/c1-28(2,34)13-12-16-8-10-18-20(14-16)21-15-17(29)9-11-19(21)26-25(18)32-27(33-26)24-22(30-3)6-5-7-23(24)31-4;1-26-18-4-3-5-19(27-2)20(18)23-28-21-14-8-6-12(24)10-16(14)17-11-13(25)7-9-15(17)22(21)29-23;1-12-4-3-5-13(2)20(12)23-26-21-16-8-6-14(24)10-18(16)19-11-15(25)7-9-17(19)22(21)27-23;1-4-5(2,3)6/h5-11,14-15,34H,1-2H3,(H,32,33);3-11H,(H,28,29);3-11H,1-2H3,(H,26,27);1,6H,2-3H3. The van der Waals surface area contributed by atoms with E-state index in [0.29, 0.717) is 55.6 Å². The molecule has 3 aromatic heterocycles. The number of terminal acetylenes is 1. The number of fused-ring (bicyclic) bond motifs is 18. The van der Waals surface area contributed by atoms with Gasteiger partial charge in [-0.25, -0.2) is 34.3 Å². The topological polar surface area (TPSA) is 144 Å². The third kappa shape index (κ3) is 12.8. The van der Waals surface area contributed by atoms with Gasteiger partial charge in [0.15, 0.2) is 22.7 Å². The van der Waals surface area contributed by atoms with Crippen LogP contribution in [0.1, 0.15) is 44.4 Å². The van der Waals surface area contributed by atoms with E-state index in [1.807, 2.05) is 78.9 Å². The summed E-state index contributed by atoms with van der Waals surface area (Å²) in [5.41, 5.74) is 10.1. The highest BCUT2D eigenvalue weighted by Gasteiger charge is 2.22. The molecule has 0 fully saturated rings. The molecule has 0 radical (unpaired) electrons. The number of H-pyrrole nitrogens is 3. The highest BCUT2D eigenvalue weighted by atomic mass is 79.9. The average Bonchev–Trinajstić information content (AvgIpc) is 1.48. The number of aromatic nitrogens is 6. The molecule has 0 amide bonds. The van der Waals surface area contributed by atoms with Gasteiger partial charge in [0.25, 0.3) is 0 Å². The monoisotopic (exact) mass is 1430 g/mol. The first kappa shape index (κ1) is 65.5. The molecule has 3 heterocycles. The van der Waals surface area contributed by atoms with Crippen molar-refractivity contribution in [1.29, 1.82) is 0 Å². The molecule has 0 aliphatic carbocycles. The number of benzene rings is 12. The van der Waals surface area contributed by atoms with Crippen LogP contribution in [0.4, 0.5) is 22.7 Å². The lowest BCUT2D eigenvalue weighted by molar-refractivity contribution is 0.143. The number of nitrogens with zero attached hydrogens (tertiary/aromatic N) is 7. The molecule has 0 atom stereocenters.